The average Bonchev–Trinajstić information content (AvgIpc) is 2.78. The van der Waals surface area contributed by atoms with Gasteiger partial charge in [-0.25, -0.2) is 4.99 Å². The molecule has 0 aliphatic carbocycles. The Bertz CT molecular complexity index is 596. The molecule has 1 aliphatic rings. The fourth-order valence-corrected chi connectivity index (χ4v) is 2.77. The molecule has 0 saturated carbocycles. The van der Waals surface area contributed by atoms with Crippen molar-refractivity contribution >= 4 is 34.2 Å². The number of hydrogen-bond acceptors (Lipinski definition) is 5. The Hall–Kier alpha value is -1.83. The number of Topliss-reactive ketones (excluding diaryl/α,β-unsaturated/α-hetero) is 1. The highest BCUT2D eigenvalue weighted by Gasteiger charge is 2.39. The number of ether oxygens (including phenoxy) is 1. The van der Waals surface area contributed by atoms with E-state index in [1.807, 2.05) is 0 Å². The molecule has 2 rings (SSSR count). The van der Waals surface area contributed by atoms with E-state index < -0.39 is 23.6 Å². The average molecular weight is 317 g/mol. The summed E-state index contributed by atoms with van der Waals surface area (Å²) in [5, 5.41) is 0.242. The molecule has 0 aromatic heterocycles. The first kappa shape index (κ1) is 15.6. The van der Waals surface area contributed by atoms with Crippen molar-refractivity contribution in [2.24, 2.45) is 10.9 Å². The number of rotatable bonds is 2. The van der Waals surface area contributed by atoms with Crippen LogP contribution in [0.2, 0.25) is 0 Å². The van der Waals surface area contributed by atoms with Crippen molar-refractivity contribution in [1.29, 1.82) is 0 Å². The number of ketones is 1. The molecule has 0 spiro atoms. The number of thioether (sulfide) groups is 1. The van der Waals surface area contributed by atoms with Crippen LogP contribution in [0.5, 0.6) is 0 Å². The Morgan fingerprint density at radius 2 is 1.95 bits per heavy atom. The normalized spacial score (nSPS) is 20.9. The Kier molecular flexibility index (Phi) is 4.36. The maximum absolute atomic E-state index is 12.4. The number of halogens is 3. The quantitative estimate of drug-likeness (QED) is 0.622. The van der Waals surface area contributed by atoms with Gasteiger partial charge in [0.05, 0.1) is 29.2 Å². The summed E-state index contributed by atoms with van der Waals surface area (Å²) in [6, 6.07) is 4.17. The standard InChI is InChI=1S/C13H10F3NO3S/c1-20-12(19)10-9(18)6-21-11(10)17-8-4-2-7(3-5-8)13(14,15)16/h2-5,10H,6H2,1H3. The molecule has 21 heavy (non-hydrogen) atoms. The van der Waals surface area contributed by atoms with Crippen molar-refractivity contribution in [1.82, 2.24) is 0 Å². The van der Waals surface area contributed by atoms with Crippen LogP contribution in [0.25, 0.3) is 0 Å². The molecule has 1 unspecified atom stereocenters. The Morgan fingerprint density at radius 1 is 1.33 bits per heavy atom. The van der Waals surface area contributed by atoms with Crippen LogP contribution in [0.15, 0.2) is 29.3 Å². The lowest BCUT2D eigenvalue weighted by Gasteiger charge is -2.08. The minimum Gasteiger partial charge on any atom is -0.468 e. The van der Waals surface area contributed by atoms with Gasteiger partial charge in [0.15, 0.2) is 11.7 Å². The SMILES string of the molecule is COC(=O)C1C(=O)CSC1=Nc1ccc(C(F)(F)F)cc1. The number of carbonyl (C=O) groups excluding carboxylic acids is 2. The van der Waals surface area contributed by atoms with E-state index >= 15 is 0 Å². The Labute approximate surface area is 122 Å². The Morgan fingerprint density at radius 3 is 2.48 bits per heavy atom. The van der Waals surface area contributed by atoms with Gasteiger partial charge in [-0.05, 0) is 24.3 Å². The molecule has 1 heterocycles. The van der Waals surface area contributed by atoms with Gasteiger partial charge in [0, 0.05) is 0 Å². The summed E-state index contributed by atoms with van der Waals surface area (Å²) in [6.07, 6.45) is -4.42. The zero-order valence-corrected chi connectivity index (χ0v) is 11.6. The number of aliphatic imine (C=N–C) groups is 1. The number of carbonyl (C=O) groups is 2. The van der Waals surface area contributed by atoms with Crippen molar-refractivity contribution < 1.29 is 27.5 Å². The molecule has 4 nitrogen and oxygen atoms in total. The highest BCUT2D eigenvalue weighted by atomic mass is 32.2. The molecule has 1 saturated heterocycles. The predicted molar refractivity (Wildman–Crippen MR) is 71.5 cm³/mol. The van der Waals surface area contributed by atoms with E-state index in [0.717, 1.165) is 31.0 Å². The number of esters is 1. The molecule has 0 N–H and O–H groups in total. The number of methoxy groups -OCH3 is 1. The third-order valence-electron chi connectivity index (χ3n) is 2.80. The van der Waals surface area contributed by atoms with E-state index in [1.165, 1.54) is 12.1 Å². The lowest BCUT2D eigenvalue weighted by atomic mass is 10.1. The molecular formula is C13H10F3NO3S. The van der Waals surface area contributed by atoms with E-state index in [-0.39, 0.29) is 22.3 Å². The first-order valence-electron chi connectivity index (χ1n) is 5.82. The second-order valence-electron chi connectivity index (χ2n) is 4.21. The van der Waals surface area contributed by atoms with Gasteiger partial charge in [-0.15, -0.1) is 11.8 Å². The highest BCUT2D eigenvalue weighted by molar-refractivity contribution is 8.15. The number of alkyl halides is 3. The van der Waals surface area contributed by atoms with Crippen LogP contribution in [0, 0.1) is 5.92 Å². The van der Waals surface area contributed by atoms with Crippen LogP contribution in [-0.4, -0.2) is 29.7 Å². The van der Waals surface area contributed by atoms with Gasteiger partial charge >= 0.3 is 12.1 Å². The number of hydrogen-bond donors (Lipinski definition) is 0. The van der Waals surface area contributed by atoms with Crippen molar-refractivity contribution in [2.75, 3.05) is 12.9 Å². The maximum Gasteiger partial charge on any atom is 0.416 e. The summed E-state index contributed by atoms with van der Waals surface area (Å²) in [5.41, 5.74) is -0.541. The third kappa shape index (κ3) is 3.44. The molecule has 0 radical (unpaired) electrons. The van der Waals surface area contributed by atoms with Crippen molar-refractivity contribution in [2.45, 2.75) is 6.18 Å². The van der Waals surface area contributed by atoms with Crippen LogP contribution < -0.4 is 0 Å². The molecule has 1 aliphatic heterocycles. The number of benzene rings is 1. The second kappa shape index (κ2) is 5.88. The predicted octanol–water partition coefficient (Wildman–Crippen LogP) is 2.84. The molecule has 112 valence electrons. The van der Waals surface area contributed by atoms with Crippen LogP contribution in [0.3, 0.4) is 0 Å². The van der Waals surface area contributed by atoms with Gasteiger partial charge in [0.2, 0.25) is 0 Å². The molecule has 1 fully saturated rings. The van der Waals surface area contributed by atoms with Crippen molar-refractivity contribution in [3.05, 3.63) is 29.8 Å². The third-order valence-corrected chi connectivity index (χ3v) is 3.85. The topological polar surface area (TPSA) is 55.7 Å². The van der Waals surface area contributed by atoms with E-state index in [1.54, 1.807) is 0 Å². The largest absolute Gasteiger partial charge is 0.468 e. The van der Waals surface area contributed by atoms with Gasteiger partial charge in [0.25, 0.3) is 0 Å². The van der Waals surface area contributed by atoms with Gasteiger partial charge in [0.1, 0.15) is 0 Å². The summed E-state index contributed by atoms with van der Waals surface area (Å²) in [6.45, 7) is 0. The van der Waals surface area contributed by atoms with Gasteiger partial charge in [-0.2, -0.15) is 13.2 Å². The second-order valence-corrected chi connectivity index (χ2v) is 5.20. The minimum absolute atomic E-state index is 0.0965. The monoisotopic (exact) mass is 317 g/mol. The molecule has 1 aromatic carbocycles. The summed E-state index contributed by atoms with van der Waals surface area (Å²) in [5.74, 6) is -2.02. The summed E-state index contributed by atoms with van der Waals surface area (Å²) < 4.78 is 41.9. The molecule has 8 heteroatoms. The summed E-state index contributed by atoms with van der Waals surface area (Å²) in [4.78, 5) is 27.2. The highest BCUT2D eigenvalue weighted by Crippen LogP contribution is 2.32. The van der Waals surface area contributed by atoms with Gasteiger partial charge < -0.3 is 4.74 Å². The van der Waals surface area contributed by atoms with Crippen molar-refractivity contribution in [3.63, 3.8) is 0 Å². The molecule has 1 aromatic rings. The van der Waals surface area contributed by atoms with E-state index in [4.69, 9.17) is 0 Å². The fraction of sp³-hybridized carbons (Fsp3) is 0.308. The Balaban J connectivity index is 2.26. The van der Waals surface area contributed by atoms with Gasteiger partial charge in [-0.3, -0.25) is 9.59 Å². The fourth-order valence-electron chi connectivity index (χ4n) is 1.75. The summed E-state index contributed by atoms with van der Waals surface area (Å²) in [7, 11) is 1.16. The smallest absolute Gasteiger partial charge is 0.416 e. The van der Waals surface area contributed by atoms with Crippen LogP contribution in [-0.2, 0) is 20.5 Å². The zero-order valence-electron chi connectivity index (χ0n) is 10.8. The molecule has 0 bridgehead atoms. The molecule has 1 atom stereocenters. The van der Waals surface area contributed by atoms with E-state index in [0.29, 0.717) is 0 Å². The zero-order chi connectivity index (χ0) is 15.6. The first-order chi connectivity index (χ1) is 9.82. The minimum atomic E-state index is -4.42. The molecular weight excluding hydrogens is 307 g/mol. The first-order valence-corrected chi connectivity index (χ1v) is 6.80. The maximum atomic E-state index is 12.4. The number of nitrogens with zero attached hydrogens (tertiary/aromatic N) is 1. The lowest BCUT2D eigenvalue weighted by Crippen LogP contribution is -2.26. The lowest BCUT2D eigenvalue weighted by molar-refractivity contribution is -0.145. The van der Waals surface area contributed by atoms with Gasteiger partial charge in [-0.1, -0.05) is 0 Å². The molecule has 0 amide bonds. The van der Waals surface area contributed by atoms with Crippen LogP contribution >= 0.6 is 11.8 Å². The van der Waals surface area contributed by atoms with Crippen LogP contribution in [0.1, 0.15) is 5.56 Å². The summed E-state index contributed by atoms with van der Waals surface area (Å²) >= 11 is 1.08. The van der Waals surface area contributed by atoms with E-state index in [9.17, 15) is 22.8 Å². The van der Waals surface area contributed by atoms with Crippen molar-refractivity contribution in [3.8, 4) is 0 Å². The van der Waals surface area contributed by atoms with Crippen LogP contribution in [0.4, 0.5) is 18.9 Å². The van der Waals surface area contributed by atoms with E-state index in [2.05, 4.69) is 9.73 Å².